The van der Waals surface area contributed by atoms with Gasteiger partial charge in [0.25, 0.3) is 0 Å². The predicted molar refractivity (Wildman–Crippen MR) is 37.5 cm³/mol. The summed E-state index contributed by atoms with van der Waals surface area (Å²) in [6.45, 7) is 0. The summed E-state index contributed by atoms with van der Waals surface area (Å²) in [6.07, 6.45) is -4.57. The monoisotopic (exact) mass is 186 g/mol. The largest absolute Gasteiger partial charge is 0.400 e. The Balaban J connectivity index is 2.46. The molecule has 0 radical (unpaired) electrons. The summed E-state index contributed by atoms with van der Waals surface area (Å²) in [5.41, 5.74) is 0. The molecular formula is C6H9F3OS. The van der Waals surface area contributed by atoms with Gasteiger partial charge in [0.05, 0.1) is 6.10 Å². The molecule has 1 nitrogen and oxygen atoms in total. The minimum atomic E-state index is -4.15. The third-order valence-corrected chi connectivity index (χ3v) is 2.95. The maximum atomic E-state index is 12.0. The molecule has 0 bridgehead atoms. The number of aliphatic hydroxyl groups is 1. The van der Waals surface area contributed by atoms with Crippen molar-refractivity contribution in [2.75, 3.05) is 5.75 Å². The molecule has 0 saturated carbocycles. The highest BCUT2D eigenvalue weighted by Gasteiger charge is 2.42. The Bertz CT molecular complexity index is 136. The summed E-state index contributed by atoms with van der Waals surface area (Å²) in [7, 11) is 0. The SMILES string of the molecule is OC1CCSC(C(F)(F)F)C1. The zero-order chi connectivity index (χ0) is 8.48. The van der Waals surface area contributed by atoms with Crippen molar-refractivity contribution in [2.45, 2.75) is 30.4 Å². The molecule has 1 saturated heterocycles. The topological polar surface area (TPSA) is 20.2 Å². The lowest BCUT2D eigenvalue weighted by Crippen LogP contribution is -2.33. The Labute approximate surface area is 67.0 Å². The van der Waals surface area contributed by atoms with Crippen LogP contribution in [0.2, 0.25) is 0 Å². The number of hydrogen-bond acceptors (Lipinski definition) is 2. The van der Waals surface area contributed by atoms with Gasteiger partial charge in [0.15, 0.2) is 0 Å². The molecule has 1 fully saturated rings. The Morgan fingerprint density at radius 3 is 2.36 bits per heavy atom. The van der Waals surface area contributed by atoms with Crippen molar-refractivity contribution < 1.29 is 18.3 Å². The fourth-order valence-electron chi connectivity index (χ4n) is 1.01. The van der Waals surface area contributed by atoms with Crippen LogP contribution in [0, 0.1) is 0 Å². The van der Waals surface area contributed by atoms with Gasteiger partial charge < -0.3 is 5.11 Å². The molecule has 1 aliphatic heterocycles. The van der Waals surface area contributed by atoms with Crippen LogP contribution in [-0.4, -0.2) is 28.4 Å². The normalized spacial score (nSPS) is 33.8. The summed E-state index contributed by atoms with van der Waals surface area (Å²) in [5, 5.41) is 7.57. The molecule has 0 aromatic carbocycles. The van der Waals surface area contributed by atoms with Crippen molar-refractivity contribution in [3.63, 3.8) is 0 Å². The molecule has 66 valence electrons. The van der Waals surface area contributed by atoms with Gasteiger partial charge in [0, 0.05) is 0 Å². The van der Waals surface area contributed by atoms with E-state index in [-0.39, 0.29) is 6.42 Å². The average molecular weight is 186 g/mol. The van der Waals surface area contributed by atoms with E-state index in [0.29, 0.717) is 12.2 Å². The van der Waals surface area contributed by atoms with Crippen LogP contribution in [0.5, 0.6) is 0 Å². The van der Waals surface area contributed by atoms with E-state index in [9.17, 15) is 13.2 Å². The van der Waals surface area contributed by atoms with E-state index in [1.54, 1.807) is 0 Å². The van der Waals surface area contributed by atoms with Crippen molar-refractivity contribution in [2.24, 2.45) is 0 Å². The molecule has 1 aliphatic rings. The smallest absolute Gasteiger partial charge is 0.393 e. The number of alkyl halides is 3. The standard InChI is InChI=1S/C6H9F3OS/c7-6(8,9)5-3-4(10)1-2-11-5/h4-5,10H,1-3H2. The minimum Gasteiger partial charge on any atom is -0.393 e. The molecule has 1 N–H and O–H groups in total. The number of aliphatic hydroxyl groups excluding tert-OH is 1. The van der Waals surface area contributed by atoms with Gasteiger partial charge in [-0.15, -0.1) is 11.8 Å². The lowest BCUT2D eigenvalue weighted by Gasteiger charge is -2.26. The van der Waals surface area contributed by atoms with E-state index in [2.05, 4.69) is 0 Å². The van der Waals surface area contributed by atoms with Crippen LogP contribution in [0.3, 0.4) is 0 Å². The van der Waals surface area contributed by atoms with Gasteiger partial charge in [-0.25, -0.2) is 0 Å². The zero-order valence-electron chi connectivity index (χ0n) is 5.77. The van der Waals surface area contributed by atoms with E-state index in [4.69, 9.17) is 5.11 Å². The van der Waals surface area contributed by atoms with Gasteiger partial charge in [-0.3, -0.25) is 0 Å². The molecule has 0 spiro atoms. The first kappa shape index (κ1) is 9.19. The van der Waals surface area contributed by atoms with Crippen LogP contribution < -0.4 is 0 Å². The van der Waals surface area contributed by atoms with Crippen LogP contribution in [0.1, 0.15) is 12.8 Å². The molecular weight excluding hydrogens is 177 g/mol. The Morgan fingerprint density at radius 2 is 2.00 bits per heavy atom. The highest BCUT2D eigenvalue weighted by molar-refractivity contribution is 8.00. The third kappa shape index (κ3) is 2.56. The second-order valence-corrected chi connectivity index (χ2v) is 3.89. The van der Waals surface area contributed by atoms with E-state index in [1.165, 1.54) is 0 Å². The molecule has 0 aromatic rings. The van der Waals surface area contributed by atoms with E-state index in [0.717, 1.165) is 11.8 Å². The lowest BCUT2D eigenvalue weighted by atomic mass is 10.1. The van der Waals surface area contributed by atoms with Crippen LogP contribution >= 0.6 is 11.8 Å². The number of rotatable bonds is 0. The molecule has 11 heavy (non-hydrogen) atoms. The van der Waals surface area contributed by atoms with Gasteiger partial charge in [-0.2, -0.15) is 13.2 Å². The summed E-state index contributed by atoms with van der Waals surface area (Å²) in [5.74, 6) is 0.408. The first-order valence-electron chi connectivity index (χ1n) is 3.36. The molecule has 1 rings (SSSR count). The lowest BCUT2D eigenvalue weighted by molar-refractivity contribution is -0.135. The Morgan fingerprint density at radius 1 is 1.36 bits per heavy atom. The molecule has 0 aromatic heterocycles. The van der Waals surface area contributed by atoms with Crippen molar-refractivity contribution in [3.05, 3.63) is 0 Å². The second-order valence-electron chi connectivity index (χ2n) is 2.58. The first-order valence-corrected chi connectivity index (χ1v) is 4.41. The van der Waals surface area contributed by atoms with Gasteiger partial charge in [0.2, 0.25) is 0 Å². The minimum absolute atomic E-state index is 0.145. The van der Waals surface area contributed by atoms with Crippen LogP contribution in [-0.2, 0) is 0 Å². The molecule has 1 heterocycles. The molecule has 0 aliphatic carbocycles. The predicted octanol–water partition coefficient (Wildman–Crippen LogP) is 1.81. The fraction of sp³-hybridized carbons (Fsp3) is 1.00. The number of halogens is 3. The fourth-order valence-corrected chi connectivity index (χ4v) is 2.25. The number of hydrogen-bond donors (Lipinski definition) is 1. The van der Waals surface area contributed by atoms with Gasteiger partial charge in [-0.05, 0) is 18.6 Å². The molecule has 5 heteroatoms. The maximum absolute atomic E-state index is 12.0. The maximum Gasteiger partial charge on any atom is 0.400 e. The van der Waals surface area contributed by atoms with Crippen molar-refractivity contribution in [3.8, 4) is 0 Å². The molecule has 2 unspecified atom stereocenters. The third-order valence-electron chi connectivity index (χ3n) is 1.62. The van der Waals surface area contributed by atoms with Crippen molar-refractivity contribution in [1.82, 2.24) is 0 Å². The van der Waals surface area contributed by atoms with Crippen LogP contribution in [0.4, 0.5) is 13.2 Å². The van der Waals surface area contributed by atoms with Crippen molar-refractivity contribution >= 4 is 11.8 Å². The summed E-state index contributed by atoms with van der Waals surface area (Å²) in [4.78, 5) is 0. The van der Waals surface area contributed by atoms with Crippen LogP contribution in [0.15, 0.2) is 0 Å². The highest BCUT2D eigenvalue weighted by Crippen LogP contribution is 2.37. The van der Waals surface area contributed by atoms with Crippen molar-refractivity contribution in [1.29, 1.82) is 0 Å². The van der Waals surface area contributed by atoms with E-state index >= 15 is 0 Å². The molecule has 0 amide bonds. The summed E-state index contributed by atoms with van der Waals surface area (Å²) < 4.78 is 35.9. The van der Waals surface area contributed by atoms with Crippen LogP contribution in [0.25, 0.3) is 0 Å². The highest BCUT2D eigenvalue weighted by atomic mass is 32.2. The Hall–Kier alpha value is 0.100. The zero-order valence-corrected chi connectivity index (χ0v) is 6.58. The summed E-state index contributed by atoms with van der Waals surface area (Å²) >= 11 is 0.889. The van der Waals surface area contributed by atoms with Gasteiger partial charge in [0.1, 0.15) is 5.25 Å². The molecule has 2 atom stereocenters. The average Bonchev–Trinajstić information content (AvgIpc) is 1.86. The Kier molecular flexibility index (Phi) is 2.70. The first-order chi connectivity index (χ1) is 5.00. The van der Waals surface area contributed by atoms with E-state index in [1.807, 2.05) is 0 Å². The van der Waals surface area contributed by atoms with Gasteiger partial charge >= 0.3 is 6.18 Å². The summed E-state index contributed by atoms with van der Waals surface area (Å²) in [6, 6.07) is 0. The van der Waals surface area contributed by atoms with E-state index < -0.39 is 17.5 Å². The quantitative estimate of drug-likeness (QED) is 0.622. The number of thioether (sulfide) groups is 1. The van der Waals surface area contributed by atoms with Gasteiger partial charge in [-0.1, -0.05) is 0 Å². The second kappa shape index (κ2) is 3.23.